The molecule has 0 saturated carbocycles. The number of amides is 1. The Hall–Kier alpha value is -2.15. The number of hydrogen-bond donors (Lipinski definition) is 2. The number of anilines is 2. The SMILES string of the molecule is Cl.Cl.Nc1cc2c(cc1NC(=O)c1cccc(CN3CCCC3)c1)OCO2. The van der Waals surface area contributed by atoms with E-state index >= 15 is 0 Å². The normalized spacial score (nSPS) is 15.0. The lowest BCUT2D eigenvalue weighted by atomic mass is 10.1. The number of hydrogen-bond acceptors (Lipinski definition) is 5. The highest BCUT2D eigenvalue weighted by molar-refractivity contribution is 6.06. The number of nitrogens with two attached hydrogens (primary N) is 1. The summed E-state index contributed by atoms with van der Waals surface area (Å²) < 4.78 is 10.6. The first-order valence-electron chi connectivity index (χ1n) is 8.51. The van der Waals surface area contributed by atoms with Gasteiger partial charge in [0.15, 0.2) is 11.5 Å². The Morgan fingerprint density at radius 3 is 2.52 bits per heavy atom. The third kappa shape index (κ3) is 4.77. The smallest absolute Gasteiger partial charge is 0.255 e. The molecule has 0 aromatic heterocycles. The molecule has 2 aromatic carbocycles. The zero-order valence-electron chi connectivity index (χ0n) is 14.8. The summed E-state index contributed by atoms with van der Waals surface area (Å²) in [4.78, 5) is 15.0. The molecular weight excluding hydrogens is 389 g/mol. The minimum atomic E-state index is -0.186. The number of carbonyl (C=O) groups is 1. The molecule has 0 aliphatic carbocycles. The molecule has 0 atom stereocenters. The third-order valence-electron chi connectivity index (χ3n) is 4.59. The summed E-state index contributed by atoms with van der Waals surface area (Å²) in [6.07, 6.45) is 2.51. The van der Waals surface area contributed by atoms with Crippen LogP contribution in [0.15, 0.2) is 36.4 Å². The van der Waals surface area contributed by atoms with Crippen LogP contribution in [0.3, 0.4) is 0 Å². The number of halogens is 2. The van der Waals surface area contributed by atoms with Crippen molar-refractivity contribution in [2.45, 2.75) is 19.4 Å². The van der Waals surface area contributed by atoms with Crippen LogP contribution >= 0.6 is 24.8 Å². The van der Waals surface area contributed by atoms with Gasteiger partial charge in [-0.15, -0.1) is 24.8 Å². The van der Waals surface area contributed by atoms with Crippen LogP contribution < -0.4 is 20.5 Å². The van der Waals surface area contributed by atoms with Crippen molar-refractivity contribution >= 4 is 42.1 Å². The maximum Gasteiger partial charge on any atom is 0.255 e. The van der Waals surface area contributed by atoms with Gasteiger partial charge >= 0.3 is 0 Å². The van der Waals surface area contributed by atoms with E-state index in [0.29, 0.717) is 28.4 Å². The van der Waals surface area contributed by atoms with Crippen LogP contribution in [-0.2, 0) is 6.54 Å². The summed E-state index contributed by atoms with van der Waals surface area (Å²) in [5, 5.41) is 2.86. The minimum absolute atomic E-state index is 0. The van der Waals surface area contributed by atoms with Crippen LogP contribution in [-0.4, -0.2) is 30.7 Å². The Kier molecular flexibility index (Phi) is 7.18. The molecule has 27 heavy (non-hydrogen) atoms. The molecule has 2 aliphatic rings. The van der Waals surface area contributed by atoms with Crippen molar-refractivity contribution in [2.75, 3.05) is 30.9 Å². The first kappa shape index (κ1) is 21.2. The van der Waals surface area contributed by atoms with Crippen LogP contribution in [0.5, 0.6) is 11.5 Å². The number of nitrogen functional groups attached to an aromatic ring is 1. The van der Waals surface area contributed by atoms with Crippen molar-refractivity contribution in [3.05, 3.63) is 47.5 Å². The van der Waals surface area contributed by atoms with E-state index in [1.54, 1.807) is 12.1 Å². The van der Waals surface area contributed by atoms with Crippen molar-refractivity contribution in [3.8, 4) is 11.5 Å². The number of rotatable bonds is 4. The van der Waals surface area contributed by atoms with Crippen molar-refractivity contribution in [3.63, 3.8) is 0 Å². The van der Waals surface area contributed by atoms with Gasteiger partial charge in [-0.1, -0.05) is 12.1 Å². The average Bonchev–Trinajstić information content (AvgIpc) is 3.27. The maximum atomic E-state index is 12.6. The highest BCUT2D eigenvalue weighted by Crippen LogP contribution is 2.38. The van der Waals surface area contributed by atoms with E-state index in [4.69, 9.17) is 15.2 Å². The Bertz CT molecular complexity index is 811. The quantitative estimate of drug-likeness (QED) is 0.750. The van der Waals surface area contributed by atoms with Gasteiger partial charge in [0, 0.05) is 24.2 Å². The van der Waals surface area contributed by atoms with E-state index < -0.39 is 0 Å². The van der Waals surface area contributed by atoms with Gasteiger partial charge in [-0.3, -0.25) is 9.69 Å². The first-order chi connectivity index (χ1) is 12.2. The number of benzene rings is 2. The average molecular weight is 412 g/mol. The molecule has 146 valence electrons. The number of carbonyl (C=O) groups excluding carboxylic acids is 1. The summed E-state index contributed by atoms with van der Waals surface area (Å²) in [6.45, 7) is 3.31. The topological polar surface area (TPSA) is 76.8 Å². The lowest BCUT2D eigenvalue weighted by Crippen LogP contribution is -2.19. The predicted molar refractivity (Wildman–Crippen MR) is 110 cm³/mol. The highest BCUT2D eigenvalue weighted by Gasteiger charge is 2.18. The summed E-state index contributed by atoms with van der Waals surface area (Å²) in [5.74, 6) is 1.00. The molecule has 0 spiro atoms. The fourth-order valence-electron chi connectivity index (χ4n) is 3.27. The fraction of sp³-hybridized carbons (Fsp3) is 0.316. The Labute approximate surface area is 170 Å². The van der Waals surface area contributed by atoms with E-state index in [9.17, 15) is 4.79 Å². The molecule has 4 rings (SSSR count). The molecule has 2 aliphatic heterocycles. The molecule has 1 saturated heterocycles. The van der Waals surface area contributed by atoms with E-state index in [1.165, 1.54) is 12.8 Å². The molecule has 2 aromatic rings. The summed E-state index contributed by atoms with van der Waals surface area (Å²) in [7, 11) is 0. The number of fused-ring (bicyclic) bond motifs is 1. The second kappa shape index (κ2) is 9.17. The van der Waals surface area contributed by atoms with Gasteiger partial charge in [0.25, 0.3) is 5.91 Å². The van der Waals surface area contributed by atoms with Gasteiger partial charge in [-0.2, -0.15) is 0 Å². The Morgan fingerprint density at radius 2 is 1.78 bits per heavy atom. The fourth-order valence-corrected chi connectivity index (χ4v) is 3.27. The molecule has 1 amide bonds. The van der Waals surface area contributed by atoms with E-state index in [0.717, 1.165) is 25.2 Å². The van der Waals surface area contributed by atoms with Crippen LogP contribution in [0.2, 0.25) is 0 Å². The number of ether oxygens (including phenoxy) is 2. The second-order valence-corrected chi connectivity index (χ2v) is 6.43. The van der Waals surface area contributed by atoms with Crippen LogP contribution in [0.25, 0.3) is 0 Å². The monoisotopic (exact) mass is 411 g/mol. The number of likely N-dealkylation sites (tertiary alicyclic amines) is 1. The van der Waals surface area contributed by atoms with Crippen molar-refractivity contribution < 1.29 is 14.3 Å². The lowest BCUT2D eigenvalue weighted by molar-refractivity contribution is 0.102. The van der Waals surface area contributed by atoms with Gasteiger partial charge < -0.3 is 20.5 Å². The zero-order chi connectivity index (χ0) is 17.2. The van der Waals surface area contributed by atoms with Gasteiger partial charge in [0.2, 0.25) is 6.79 Å². The molecule has 2 heterocycles. The van der Waals surface area contributed by atoms with Crippen LogP contribution in [0, 0.1) is 0 Å². The second-order valence-electron chi connectivity index (χ2n) is 6.43. The van der Waals surface area contributed by atoms with E-state index in [-0.39, 0.29) is 37.5 Å². The van der Waals surface area contributed by atoms with E-state index in [1.807, 2.05) is 18.2 Å². The van der Waals surface area contributed by atoms with Gasteiger partial charge in [-0.05, 0) is 43.6 Å². The highest BCUT2D eigenvalue weighted by atomic mass is 35.5. The number of nitrogens with zero attached hydrogens (tertiary/aromatic N) is 1. The van der Waals surface area contributed by atoms with Crippen LogP contribution in [0.1, 0.15) is 28.8 Å². The van der Waals surface area contributed by atoms with Crippen LogP contribution in [0.4, 0.5) is 11.4 Å². The van der Waals surface area contributed by atoms with Gasteiger partial charge in [-0.25, -0.2) is 0 Å². The van der Waals surface area contributed by atoms with Gasteiger partial charge in [0.1, 0.15) is 0 Å². The van der Waals surface area contributed by atoms with Crippen molar-refractivity contribution in [1.29, 1.82) is 0 Å². The zero-order valence-corrected chi connectivity index (χ0v) is 16.4. The molecule has 0 bridgehead atoms. The Morgan fingerprint density at radius 1 is 1.07 bits per heavy atom. The lowest BCUT2D eigenvalue weighted by Gasteiger charge is -2.15. The molecular formula is C19H23Cl2N3O3. The predicted octanol–water partition coefficient (Wildman–Crippen LogP) is 3.69. The molecule has 0 unspecified atom stereocenters. The van der Waals surface area contributed by atoms with Crippen molar-refractivity contribution in [1.82, 2.24) is 4.90 Å². The minimum Gasteiger partial charge on any atom is -0.454 e. The first-order valence-corrected chi connectivity index (χ1v) is 8.51. The summed E-state index contributed by atoms with van der Waals surface area (Å²) >= 11 is 0. The van der Waals surface area contributed by atoms with Crippen molar-refractivity contribution in [2.24, 2.45) is 0 Å². The molecule has 8 heteroatoms. The molecule has 0 radical (unpaired) electrons. The molecule has 6 nitrogen and oxygen atoms in total. The summed E-state index contributed by atoms with van der Waals surface area (Å²) in [6, 6.07) is 11.1. The largest absolute Gasteiger partial charge is 0.454 e. The third-order valence-corrected chi connectivity index (χ3v) is 4.59. The standard InChI is InChI=1S/C19H21N3O3.2ClH/c20-15-9-17-18(25-12-24-17)10-16(15)21-19(23)14-5-3-4-13(8-14)11-22-6-1-2-7-22;;/h3-5,8-10H,1-2,6-7,11-12,20H2,(H,21,23);2*1H. The maximum absolute atomic E-state index is 12.6. The Balaban J connectivity index is 0.00000131. The summed E-state index contributed by atoms with van der Waals surface area (Å²) in [5.41, 5.74) is 8.74. The van der Waals surface area contributed by atoms with Gasteiger partial charge in [0.05, 0.1) is 11.4 Å². The molecule has 3 N–H and O–H groups in total. The number of nitrogens with one attached hydrogen (secondary N) is 1. The van der Waals surface area contributed by atoms with E-state index in [2.05, 4.69) is 16.3 Å². The molecule has 1 fully saturated rings.